The fourth-order valence-electron chi connectivity index (χ4n) is 8.46. The molecule has 11 rings (SSSR count). The van der Waals surface area contributed by atoms with Gasteiger partial charge >= 0.3 is 0 Å². The first-order chi connectivity index (χ1) is 28.7. The van der Waals surface area contributed by atoms with Crippen LogP contribution in [0.1, 0.15) is 0 Å². The summed E-state index contributed by atoms with van der Waals surface area (Å²) in [6.07, 6.45) is 0. The lowest BCUT2D eigenvalue weighted by Crippen LogP contribution is -1.96. The Hall–Kier alpha value is -7.68. The second-order valence-corrected chi connectivity index (χ2v) is 15.0. The summed E-state index contributed by atoms with van der Waals surface area (Å²) in [6.45, 7) is 0. The van der Waals surface area contributed by atoms with E-state index >= 15 is 0 Å². The lowest BCUT2D eigenvalue weighted by Gasteiger charge is -2.14. The van der Waals surface area contributed by atoms with Crippen molar-refractivity contribution in [3.63, 3.8) is 0 Å². The van der Waals surface area contributed by atoms with E-state index in [1.54, 1.807) is 0 Å². The van der Waals surface area contributed by atoms with Gasteiger partial charge in [0.25, 0.3) is 0 Å². The minimum absolute atomic E-state index is 0.709. The molecule has 0 aliphatic carbocycles. The molecule has 0 saturated heterocycles. The Morgan fingerprint density at radius 1 is 0.224 bits per heavy atom. The first kappa shape index (κ1) is 33.6. The van der Waals surface area contributed by atoms with Crippen molar-refractivity contribution in [2.75, 3.05) is 0 Å². The average molecular weight is 737 g/mol. The Balaban J connectivity index is 0.929. The van der Waals surface area contributed by atoms with Gasteiger partial charge in [0, 0.05) is 16.7 Å². The molecule has 11 aromatic rings. The predicted molar refractivity (Wildman–Crippen MR) is 245 cm³/mol. The molecule has 0 amide bonds. The van der Waals surface area contributed by atoms with E-state index in [0.29, 0.717) is 5.82 Å². The van der Waals surface area contributed by atoms with Gasteiger partial charge in [-0.1, -0.05) is 200 Å². The van der Waals surface area contributed by atoms with Crippen LogP contribution in [0, 0.1) is 0 Å². The Morgan fingerprint density at radius 3 is 1.38 bits per heavy atom. The van der Waals surface area contributed by atoms with Crippen LogP contribution in [0.25, 0.3) is 110 Å². The van der Waals surface area contributed by atoms with Crippen LogP contribution in [0.5, 0.6) is 0 Å². The first-order valence-corrected chi connectivity index (χ1v) is 19.8. The van der Waals surface area contributed by atoms with Crippen LogP contribution in [0.3, 0.4) is 0 Å². The van der Waals surface area contributed by atoms with E-state index in [2.05, 4.69) is 200 Å². The Labute approximate surface area is 337 Å². The van der Waals surface area contributed by atoms with Gasteiger partial charge in [0.2, 0.25) is 0 Å². The summed E-state index contributed by atoms with van der Waals surface area (Å²) < 4.78 is 0. The van der Waals surface area contributed by atoms with Crippen molar-refractivity contribution in [2.45, 2.75) is 0 Å². The van der Waals surface area contributed by atoms with Crippen molar-refractivity contribution in [3.05, 3.63) is 218 Å². The standard InChI is InChI=1S/C56H36N2/c1-2-12-45(13-3-1)56-57-53(36-54(58-56)43-27-20-40(21-28-43)47-31-24-37-10-4-5-14-46(37)34-47)42-25-18-38(19-26-42)39-22-29-44(30-23-39)55-50-17-9-7-15-48(50)35-52-49-16-8-6-11-41(49)32-33-51(52)55/h1-36H. The van der Waals surface area contributed by atoms with E-state index in [1.807, 2.05) is 18.2 Å². The molecule has 0 aliphatic heterocycles. The Morgan fingerprint density at radius 2 is 0.707 bits per heavy atom. The summed E-state index contributed by atoms with van der Waals surface area (Å²) in [5, 5.41) is 10.1. The second kappa shape index (κ2) is 14.1. The van der Waals surface area contributed by atoms with Crippen LogP contribution in [0.2, 0.25) is 0 Å². The van der Waals surface area contributed by atoms with Gasteiger partial charge in [0.15, 0.2) is 5.82 Å². The van der Waals surface area contributed by atoms with E-state index in [-0.39, 0.29) is 0 Å². The van der Waals surface area contributed by atoms with Crippen LogP contribution < -0.4 is 0 Å². The van der Waals surface area contributed by atoms with E-state index in [9.17, 15) is 0 Å². The van der Waals surface area contributed by atoms with Crippen molar-refractivity contribution in [3.8, 4) is 67.3 Å². The molecule has 0 saturated carbocycles. The molecule has 270 valence electrons. The molecule has 0 atom stereocenters. The maximum Gasteiger partial charge on any atom is 0.160 e. The smallest absolute Gasteiger partial charge is 0.160 e. The summed E-state index contributed by atoms with van der Waals surface area (Å²) in [4.78, 5) is 10.2. The van der Waals surface area contributed by atoms with Crippen molar-refractivity contribution >= 4 is 43.1 Å². The van der Waals surface area contributed by atoms with Crippen LogP contribution in [0.15, 0.2) is 218 Å². The zero-order chi connectivity index (χ0) is 38.4. The van der Waals surface area contributed by atoms with Crippen LogP contribution in [-0.2, 0) is 0 Å². The summed E-state index contributed by atoms with van der Waals surface area (Å²) in [5.41, 5.74) is 12.1. The van der Waals surface area contributed by atoms with E-state index in [4.69, 9.17) is 9.97 Å². The maximum absolute atomic E-state index is 5.10. The predicted octanol–water partition coefficient (Wildman–Crippen LogP) is 15.1. The monoisotopic (exact) mass is 736 g/mol. The first-order valence-electron chi connectivity index (χ1n) is 19.8. The number of fused-ring (bicyclic) bond motifs is 5. The third kappa shape index (κ3) is 6.09. The fourth-order valence-corrected chi connectivity index (χ4v) is 8.46. The Kier molecular flexibility index (Phi) is 8.19. The molecule has 0 fully saturated rings. The van der Waals surface area contributed by atoms with Crippen molar-refractivity contribution < 1.29 is 0 Å². The van der Waals surface area contributed by atoms with Gasteiger partial charge in [-0.2, -0.15) is 0 Å². The van der Waals surface area contributed by atoms with Gasteiger partial charge in [0.05, 0.1) is 11.4 Å². The molecular weight excluding hydrogens is 701 g/mol. The van der Waals surface area contributed by atoms with Crippen LogP contribution in [-0.4, -0.2) is 9.97 Å². The minimum Gasteiger partial charge on any atom is -0.228 e. The highest BCUT2D eigenvalue weighted by atomic mass is 14.9. The molecule has 1 heterocycles. The molecule has 0 N–H and O–H groups in total. The third-order valence-corrected chi connectivity index (χ3v) is 11.5. The van der Waals surface area contributed by atoms with Gasteiger partial charge in [-0.3, -0.25) is 0 Å². The number of hydrogen-bond donors (Lipinski definition) is 0. The highest BCUT2D eigenvalue weighted by Crippen LogP contribution is 2.40. The van der Waals surface area contributed by atoms with Crippen LogP contribution in [0.4, 0.5) is 0 Å². The largest absolute Gasteiger partial charge is 0.228 e. The van der Waals surface area contributed by atoms with Gasteiger partial charge < -0.3 is 0 Å². The highest BCUT2D eigenvalue weighted by Gasteiger charge is 2.14. The van der Waals surface area contributed by atoms with Crippen LogP contribution >= 0.6 is 0 Å². The minimum atomic E-state index is 0.709. The maximum atomic E-state index is 5.10. The highest BCUT2D eigenvalue weighted by molar-refractivity contribution is 6.20. The topological polar surface area (TPSA) is 25.8 Å². The zero-order valence-corrected chi connectivity index (χ0v) is 31.7. The average Bonchev–Trinajstić information content (AvgIpc) is 3.31. The number of nitrogens with zero attached hydrogens (tertiary/aromatic N) is 2. The number of benzene rings is 10. The van der Waals surface area contributed by atoms with Gasteiger partial charge in [-0.15, -0.1) is 0 Å². The Bertz CT molecular complexity index is 3290. The van der Waals surface area contributed by atoms with Gasteiger partial charge in [-0.25, -0.2) is 9.97 Å². The molecular formula is C56H36N2. The van der Waals surface area contributed by atoms with Gasteiger partial charge in [0.1, 0.15) is 0 Å². The summed E-state index contributed by atoms with van der Waals surface area (Å²) in [6, 6.07) is 78.3. The summed E-state index contributed by atoms with van der Waals surface area (Å²) >= 11 is 0. The quantitative estimate of drug-likeness (QED) is 0.125. The van der Waals surface area contributed by atoms with Crippen molar-refractivity contribution in [2.24, 2.45) is 0 Å². The number of rotatable bonds is 6. The zero-order valence-electron chi connectivity index (χ0n) is 31.7. The number of aromatic nitrogens is 2. The molecule has 0 aliphatic rings. The molecule has 0 spiro atoms. The lowest BCUT2D eigenvalue weighted by molar-refractivity contribution is 1.18. The van der Waals surface area contributed by atoms with E-state index in [1.165, 1.54) is 70.9 Å². The van der Waals surface area contributed by atoms with Gasteiger partial charge in [-0.05, 0) is 94.7 Å². The SMILES string of the molecule is c1ccc(-c2nc(-c3ccc(-c4ccc(-c5c6ccccc6cc6c5ccc5ccccc56)cc4)cc3)cc(-c3ccc(-c4ccc5ccccc5c4)cc3)n2)cc1. The van der Waals surface area contributed by atoms with E-state index in [0.717, 1.165) is 33.6 Å². The van der Waals surface area contributed by atoms with Crippen molar-refractivity contribution in [1.82, 2.24) is 9.97 Å². The fraction of sp³-hybridized carbons (Fsp3) is 0. The van der Waals surface area contributed by atoms with E-state index < -0.39 is 0 Å². The lowest BCUT2D eigenvalue weighted by atomic mass is 9.89. The van der Waals surface area contributed by atoms with Crippen molar-refractivity contribution in [1.29, 1.82) is 0 Å². The molecule has 10 aromatic carbocycles. The second-order valence-electron chi connectivity index (χ2n) is 15.0. The molecule has 2 heteroatoms. The summed E-state index contributed by atoms with van der Waals surface area (Å²) in [7, 11) is 0. The molecule has 0 unspecified atom stereocenters. The molecule has 0 bridgehead atoms. The summed E-state index contributed by atoms with van der Waals surface area (Å²) in [5.74, 6) is 0.709. The molecule has 1 aromatic heterocycles. The third-order valence-electron chi connectivity index (χ3n) is 11.5. The molecule has 0 radical (unpaired) electrons. The normalized spacial score (nSPS) is 11.4. The molecule has 2 nitrogen and oxygen atoms in total. The molecule has 58 heavy (non-hydrogen) atoms. The number of hydrogen-bond acceptors (Lipinski definition) is 2.